The number of aromatic nitrogens is 4. The lowest BCUT2D eigenvalue weighted by Crippen LogP contribution is -2.05. The minimum atomic E-state index is -0.565. The predicted molar refractivity (Wildman–Crippen MR) is 55.0 cm³/mol. The summed E-state index contributed by atoms with van der Waals surface area (Å²) in [6, 6.07) is 3.25. The van der Waals surface area contributed by atoms with Crippen molar-refractivity contribution >= 4 is 11.5 Å². The molecule has 0 saturated carbocycles. The topological polar surface area (TPSA) is 113 Å². The van der Waals surface area contributed by atoms with Crippen molar-refractivity contribution in [1.29, 1.82) is 0 Å². The molecule has 0 bridgehead atoms. The number of hydrogen-bond donors (Lipinski definition) is 1. The Balaban J connectivity index is 2.61. The Kier molecular flexibility index (Phi) is 2.24. The molecule has 0 radical (unpaired) electrons. The lowest BCUT2D eigenvalue weighted by atomic mass is 10.4. The van der Waals surface area contributed by atoms with Gasteiger partial charge in [-0.2, -0.15) is 14.9 Å². The molecule has 0 saturated heterocycles. The number of nitrogen functional groups attached to an aromatic ring is 1. The molecular formula is C8H8N6O2. The summed E-state index contributed by atoms with van der Waals surface area (Å²) in [6.07, 6.45) is 1.49. The van der Waals surface area contributed by atoms with Crippen LogP contribution in [0, 0.1) is 17.0 Å². The van der Waals surface area contributed by atoms with Crippen LogP contribution in [0.15, 0.2) is 18.3 Å². The summed E-state index contributed by atoms with van der Waals surface area (Å²) in [5, 5.41) is 22.1. The van der Waals surface area contributed by atoms with Gasteiger partial charge in [-0.1, -0.05) is 0 Å². The fourth-order valence-corrected chi connectivity index (χ4v) is 1.34. The summed E-state index contributed by atoms with van der Waals surface area (Å²) < 4.78 is 1.19. The summed E-state index contributed by atoms with van der Waals surface area (Å²) in [5.41, 5.74) is 5.67. The van der Waals surface area contributed by atoms with Gasteiger partial charge in [0.05, 0.1) is 4.92 Å². The molecule has 0 atom stereocenters. The Hall–Kier alpha value is -2.51. The third-order valence-corrected chi connectivity index (χ3v) is 2.02. The van der Waals surface area contributed by atoms with Crippen molar-refractivity contribution in [3.8, 4) is 5.82 Å². The van der Waals surface area contributed by atoms with Crippen molar-refractivity contribution in [3.05, 3.63) is 34.1 Å². The molecule has 0 amide bonds. The molecule has 0 aromatic carbocycles. The number of rotatable bonds is 2. The zero-order chi connectivity index (χ0) is 11.7. The molecule has 0 aliphatic rings. The fourth-order valence-electron chi connectivity index (χ4n) is 1.34. The minimum absolute atomic E-state index is 0.0528. The predicted octanol–water partition coefficient (Wildman–Crippen LogP) is 0.461. The second-order valence-corrected chi connectivity index (χ2v) is 3.07. The molecule has 0 aliphatic carbocycles. The van der Waals surface area contributed by atoms with Gasteiger partial charge in [0.1, 0.15) is 5.69 Å². The molecule has 0 spiro atoms. The third-order valence-electron chi connectivity index (χ3n) is 2.02. The lowest BCUT2D eigenvalue weighted by Gasteiger charge is -1.99. The van der Waals surface area contributed by atoms with Crippen LogP contribution in [-0.2, 0) is 0 Å². The summed E-state index contributed by atoms with van der Waals surface area (Å²) in [5.74, 6) is 0.291. The van der Waals surface area contributed by atoms with E-state index in [0.29, 0.717) is 5.82 Å². The molecule has 2 aromatic rings. The number of anilines is 1. The van der Waals surface area contributed by atoms with Crippen LogP contribution in [0.3, 0.4) is 0 Å². The molecule has 0 unspecified atom stereocenters. The lowest BCUT2D eigenvalue weighted by molar-refractivity contribution is -0.384. The van der Waals surface area contributed by atoms with Crippen molar-refractivity contribution in [3.63, 3.8) is 0 Å². The first-order chi connectivity index (χ1) is 7.61. The highest BCUT2D eigenvalue weighted by molar-refractivity contribution is 5.58. The van der Waals surface area contributed by atoms with E-state index in [9.17, 15) is 10.1 Å². The first-order valence-electron chi connectivity index (χ1n) is 4.39. The Morgan fingerprint density at radius 3 is 2.81 bits per heavy atom. The van der Waals surface area contributed by atoms with Crippen LogP contribution in [0.25, 0.3) is 5.82 Å². The molecule has 82 valence electrons. The number of hydrogen-bond acceptors (Lipinski definition) is 6. The van der Waals surface area contributed by atoms with Crippen molar-refractivity contribution in [2.24, 2.45) is 0 Å². The van der Waals surface area contributed by atoms with Crippen molar-refractivity contribution in [2.75, 3.05) is 5.73 Å². The summed E-state index contributed by atoms with van der Waals surface area (Å²) in [4.78, 5) is 10.2. The number of nitrogens with two attached hydrogens (primary N) is 1. The van der Waals surface area contributed by atoms with E-state index in [1.165, 1.54) is 17.8 Å². The highest BCUT2D eigenvalue weighted by atomic mass is 16.6. The van der Waals surface area contributed by atoms with Crippen LogP contribution < -0.4 is 5.73 Å². The van der Waals surface area contributed by atoms with E-state index in [-0.39, 0.29) is 17.2 Å². The Morgan fingerprint density at radius 2 is 2.31 bits per heavy atom. The Bertz CT molecular complexity index is 535. The van der Waals surface area contributed by atoms with E-state index in [4.69, 9.17) is 5.73 Å². The van der Waals surface area contributed by atoms with E-state index < -0.39 is 4.92 Å². The smallest absolute Gasteiger partial charge is 0.333 e. The van der Waals surface area contributed by atoms with Gasteiger partial charge in [-0.05, 0) is 19.1 Å². The molecule has 8 nitrogen and oxygen atoms in total. The van der Waals surface area contributed by atoms with Crippen molar-refractivity contribution < 1.29 is 4.92 Å². The van der Waals surface area contributed by atoms with Gasteiger partial charge < -0.3 is 5.73 Å². The maximum Gasteiger partial charge on any atom is 0.333 e. The molecule has 0 fully saturated rings. The maximum atomic E-state index is 10.7. The van der Waals surface area contributed by atoms with Crippen molar-refractivity contribution in [1.82, 2.24) is 20.0 Å². The van der Waals surface area contributed by atoms with E-state index in [1.807, 2.05) is 0 Å². The van der Waals surface area contributed by atoms with Crippen LogP contribution in [0.5, 0.6) is 0 Å². The van der Waals surface area contributed by atoms with Crippen LogP contribution >= 0.6 is 0 Å². The largest absolute Gasteiger partial charge is 0.378 e. The third kappa shape index (κ3) is 1.45. The highest BCUT2D eigenvalue weighted by Gasteiger charge is 2.23. The van der Waals surface area contributed by atoms with Gasteiger partial charge in [-0.15, -0.1) is 5.10 Å². The first kappa shape index (κ1) is 10.0. The zero-order valence-corrected chi connectivity index (χ0v) is 8.36. The average molecular weight is 220 g/mol. The standard InChI is InChI=1S/C8H8N6O2/c1-5-7(14(15)16)8(9)13(12-5)6-3-2-4-10-11-6/h2-4H,9H2,1H3. The Labute approximate surface area is 89.9 Å². The van der Waals surface area contributed by atoms with Gasteiger partial charge >= 0.3 is 5.69 Å². The molecular weight excluding hydrogens is 212 g/mol. The molecule has 0 aliphatic heterocycles. The normalized spacial score (nSPS) is 10.3. The molecule has 2 rings (SSSR count). The van der Waals surface area contributed by atoms with Gasteiger partial charge in [-0.25, -0.2) is 0 Å². The maximum absolute atomic E-state index is 10.7. The quantitative estimate of drug-likeness (QED) is 0.581. The number of nitro groups is 1. The summed E-state index contributed by atoms with van der Waals surface area (Å²) in [7, 11) is 0. The van der Waals surface area contributed by atoms with Gasteiger partial charge in [-0.3, -0.25) is 10.1 Å². The second kappa shape index (κ2) is 3.57. The summed E-state index contributed by atoms with van der Waals surface area (Å²) in [6.45, 7) is 1.52. The summed E-state index contributed by atoms with van der Waals surface area (Å²) >= 11 is 0. The van der Waals surface area contributed by atoms with Gasteiger partial charge in [0.15, 0.2) is 5.82 Å². The molecule has 8 heteroatoms. The van der Waals surface area contributed by atoms with Crippen molar-refractivity contribution in [2.45, 2.75) is 6.92 Å². The first-order valence-corrected chi connectivity index (χ1v) is 4.39. The highest BCUT2D eigenvalue weighted by Crippen LogP contribution is 2.26. The molecule has 2 heterocycles. The van der Waals surface area contributed by atoms with E-state index in [1.54, 1.807) is 12.1 Å². The van der Waals surface area contributed by atoms with Crippen LogP contribution in [-0.4, -0.2) is 24.9 Å². The monoisotopic (exact) mass is 220 g/mol. The van der Waals surface area contributed by atoms with Crippen LogP contribution in [0.2, 0.25) is 0 Å². The fraction of sp³-hybridized carbons (Fsp3) is 0.125. The number of nitrogens with zero attached hydrogens (tertiary/aromatic N) is 5. The molecule has 2 N–H and O–H groups in total. The van der Waals surface area contributed by atoms with E-state index in [0.717, 1.165) is 0 Å². The van der Waals surface area contributed by atoms with E-state index >= 15 is 0 Å². The van der Waals surface area contributed by atoms with Gasteiger partial charge in [0, 0.05) is 6.20 Å². The SMILES string of the molecule is Cc1nn(-c2cccnn2)c(N)c1[N+](=O)[O-]. The van der Waals surface area contributed by atoms with Gasteiger partial charge in [0.25, 0.3) is 0 Å². The Morgan fingerprint density at radius 1 is 1.56 bits per heavy atom. The average Bonchev–Trinajstić information content (AvgIpc) is 2.55. The number of aryl methyl sites for hydroxylation is 1. The van der Waals surface area contributed by atoms with Crippen LogP contribution in [0.1, 0.15) is 5.69 Å². The molecule has 16 heavy (non-hydrogen) atoms. The molecule has 2 aromatic heterocycles. The van der Waals surface area contributed by atoms with Gasteiger partial charge in [0.2, 0.25) is 5.82 Å². The van der Waals surface area contributed by atoms with E-state index in [2.05, 4.69) is 15.3 Å². The second-order valence-electron chi connectivity index (χ2n) is 3.07. The van der Waals surface area contributed by atoms with Crippen LogP contribution in [0.4, 0.5) is 11.5 Å². The zero-order valence-electron chi connectivity index (χ0n) is 8.36. The minimum Gasteiger partial charge on any atom is -0.378 e.